The van der Waals surface area contributed by atoms with Crippen LogP contribution in [0.3, 0.4) is 0 Å². The average molecular weight is 353 g/mol. The van der Waals surface area contributed by atoms with Crippen molar-refractivity contribution in [2.75, 3.05) is 31.5 Å². The van der Waals surface area contributed by atoms with Crippen molar-refractivity contribution in [1.82, 2.24) is 0 Å². The number of carbonyl (C=O) groups excluding carboxylic acids is 1. The fourth-order valence-corrected chi connectivity index (χ4v) is 2.85. The zero-order valence-corrected chi connectivity index (χ0v) is 16.2. The van der Waals surface area contributed by atoms with E-state index in [2.05, 4.69) is 36.3 Å². The summed E-state index contributed by atoms with van der Waals surface area (Å²) in [6, 6.07) is 15.3. The van der Waals surface area contributed by atoms with Crippen LogP contribution in [0.5, 0.6) is 0 Å². The first-order chi connectivity index (χ1) is 12.5. The van der Waals surface area contributed by atoms with Crippen LogP contribution in [0.15, 0.2) is 58.8 Å². The Labute approximate surface area is 156 Å². The van der Waals surface area contributed by atoms with Crippen molar-refractivity contribution in [1.29, 1.82) is 0 Å². The number of amides is 1. The summed E-state index contributed by atoms with van der Waals surface area (Å²) in [5.74, 6) is 0.0459. The summed E-state index contributed by atoms with van der Waals surface area (Å²) in [7, 11) is 0. The van der Waals surface area contributed by atoms with Crippen LogP contribution in [0.2, 0.25) is 0 Å². The molecule has 0 unspecified atom stereocenters. The Morgan fingerprint density at radius 2 is 1.31 bits per heavy atom. The molecule has 0 spiro atoms. The number of benzene rings is 2. The third kappa shape index (κ3) is 5.49. The lowest BCUT2D eigenvalue weighted by Gasteiger charge is -2.34. The molecule has 1 N–H and O–H groups in total. The molecule has 0 bridgehead atoms. The third-order valence-corrected chi connectivity index (χ3v) is 4.96. The van der Waals surface area contributed by atoms with Crippen LogP contribution >= 0.6 is 0 Å². The lowest BCUT2D eigenvalue weighted by molar-refractivity contribution is -0.915. The molecular formula is C21H29N4O+. The van der Waals surface area contributed by atoms with Gasteiger partial charge in [0.1, 0.15) is 0 Å². The molecule has 26 heavy (non-hydrogen) atoms. The Morgan fingerprint density at radius 3 is 1.77 bits per heavy atom. The van der Waals surface area contributed by atoms with Gasteiger partial charge in [0.25, 0.3) is 5.91 Å². The molecule has 0 aromatic heterocycles. The lowest BCUT2D eigenvalue weighted by atomic mass is 10.2. The third-order valence-electron chi connectivity index (χ3n) is 4.96. The summed E-state index contributed by atoms with van der Waals surface area (Å²) >= 11 is 0. The van der Waals surface area contributed by atoms with Crippen molar-refractivity contribution >= 4 is 23.0 Å². The Kier molecular flexibility index (Phi) is 7.04. The van der Waals surface area contributed by atoms with Gasteiger partial charge in [-0.25, -0.2) is 0 Å². The smallest absolute Gasteiger partial charge is 0.279 e. The Balaban J connectivity index is 1.96. The highest BCUT2D eigenvalue weighted by atomic mass is 16.2. The largest absolute Gasteiger partial charge is 0.321 e. The van der Waals surface area contributed by atoms with E-state index in [0.29, 0.717) is 6.54 Å². The molecule has 2 aromatic rings. The van der Waals surface area contributed by atoms with Gasteiger partial charge >= 0.3 is 0 Å². The maximum atomic E-state index is 12.4. The van der Waals surface area contributed by atoms with Gasteiger partial charge < -0.3 is 9.80 Å². The molecule has 2 rings (SSSR count). The predicted molar refractivity (Wildman–Crippen MR) is 107 cm³/mol. The maximum Gasteiger partial charge on any atom is 0.279 e. The maximum absolute atomic E-state index is 12.4. The summed E-state index contributed by atoms with van der Waals surface area (Å²) in [5.41, 5.74) is 3.55. The number of hydrogen-bond acceptors (Lipinski definition) is 3. The molecule has 0 aliphatic carbocycles. The quantitative estimate of drug-likeness (QED) is 0.513. The second-order valence-corrected chi connectivity index (χ2v) is 6.58. The van der Waals surface area contributed by atoms with E-state index < -0.39 is 0 Å². The summed E-state index contributed by atoms with van der Waals surface area (Å²) in [4.78, 5) is 12.4. The molecule has 0 atom stereocenters. The van der Waals surface area contributed by atoms with E-state index >= 15 is 0 Å². The molecule has 0 saturated heterocycles. The van der Waals surface area contributed by atoms with Gasteiger partial charge in [0.15, 0.2) is 6.54 Å². The molecule has 5 nitrogen and oxygen atoms in total. The number of quaternary nitrogens is 1. The number of nitrogens with zero attached hydrogens (tertiary/aromatic N) is 3. The molecule has 0 aliphatic heterocycles. The summed E-state index contributed by atoms with van der Waals surface area (Å²) in [5, 5.41) is 11.4. The summed E-state index contributed by atoms with van der Waals surface area (Å²) in [6.45, 7) is 11.8. The Hall–Kier alpha value is -2.53. The van der Waals surface area contributed by atoms with Gasteiger partial charge in [0.05, 0.1) is 31.0 Å². The standard InChI is InChI=1S/C21H28N4O/c1-5-25(6-2,7-3)16-21(26)22-18-12-14-20(15-13-18)24-23-19-10-8-17(4)9-11-19/h8-15H,5-7,16H2,1-4H3/p+1. The Morgan fingerprint density at radius 1 is 0.846 bits per heavy atom. The van der Waals surface area contributed by atoms with Crippen LogP contribution in [0.4, 0.5) is 17.1 Å². The fraction of sp³-hybridized carbons (Fsp3) is 0.381. The molecule has 0 heterocycles. The number of nitrogens with one attached hydrogen (secondary N) is 1. The molecular weight excluding hydrogens is 324 g/mol. The minimum atomic E-state index is 0.0459. The number of azo groups is 1. The number of rotatable bonds is 8. The lowest BCUT2D eigenvalue weighted by Crippen LogP contribution is -2.51. The number of likely N-dealkylation sites (N-methyl/N-ethyl adjacent to an activating group) is 1. The molecule has 138 valence electrons. The predicted octanol–water partition coefficient (Wildman–Crippen LogP) is 5.23. The SMILES string of the molecule is CC[N+](CC)(CC)CC(=O)Nc1ccc(N=Nc2ccc(C)cc2)cc1. The minimum absolute atomic E-state index is 0.0459. The Bertz CT molecular complexity index is 723. The van der Waals surface area contributed by atoms with Gasteiger partial charge in [0.2, 0.25) is 0 Å². The van der Waals surface area contributed by atoms with E-state index in [1.54, 1.807) is 0 Å². The van der Waals surface area contributed by atoms with E-state index in [1.807, 2.05) is 55.5 Å². The zero-order chi connectivity index (χ0) is 19.0. The second-order valence-electron chi connectivity index (χ2n) is 6.58. The van der Waals surface area contributed by atoms with Crippen LogP contribution in [0.1, 0.15) is 26.3 Å². The van der Waals surface area contributed by atoms with Crippen molar-refractivity contribution < 1.29 is 9.28 Å². The second kappa shape index (κ2) is 9.25. The van der Waals surface area contributed by atoms with Gasteiger partial charge in [-0.1, -0.05) is 17.7 Å². The first-order valence-corrected chi connectivity index (χ1v) is 9.23. The molecule has 0 fully saturated rings. The first-order valence-electron chi connectivity index (χ1n) is 9.23. The molecule has 0 saturated carbocycles. The highest BCUT2D eigenvalue weighted by molar-refractivity contribution is 5.91. The van der Waals surface area contributed by atoms with Gasteiger partial charge in [-0.3, -0.25) is 4.79 Å². The molecule has 0 aliphatic rings. The molecule has 0 radical (unpaired) electrons. The number of aryl methyl sites for hydroxylation is 1. The van der Waals surface area contributed by atoms with E-state index in [-0.39, 0.29) is 5.91 Å². The van der Waals surface area contributed by atoms with Crippen LogP contribution in [0.25, 0.3) is 0 Å². The van der Waals surface area contributed by atoms with E-state index in [1.165, 1.54) is 5.56 Å². The van der Waals surface area contributed by atoms with Crippen molar-refractivity contribution in [2.45, 2.75) is 27.7 Å². The summed E-state index contributed by atoms with van der Waals surface area (Å²) in [6.07, 6.45) is 0. The highest BCUT2D eigenvalue weighted by Gasteiger charge is 2.24. The van der Waals surface area contributed by atoms with Gasteiger partial charge in [-0.2, -0.15) is 10.2 Å². The van der Waals surface area contributed by atoms with Gasteiger partial charge in [-0.15, -0.1) is 0 Å². The minimum Gasteiger partial charge on any atom is -0.321 e. The first kappa shape index (κ1) is 19.8. The van der Waals surface area contributed by atoms with Crippen molar-refractivity contribution in [2.24, 2.45) is 10.2 Å². The fourth-order valence-electron chi connectivity index (χ4n) is 2.85. The highest BCUT2D eigenvalue weighted by Crippen LogP contribution is 2.20. The number of hydrogen-bond donors (Lipinski definition) is 1. The van der Waals surface area contributed by atoms with Gasteiger partial charge in [-0.05, 0) is 64.1 Å². The van der Waals surface area contributed by atoms with Gasteiger partial charge in [0, 0.05) is 5.69 Å². The number of carbonyl (C=O) groups is 1. The van der Waals surface area contributed by atoms with Crippen LogP contribution < -0.4 is 5.32 Å². The monoisotopic (exact) mass is 353 g/mol. The zero-order valence-electron chi connectivity index (χ0n) is 16.2. The molecule has 5 heteroatoms. The van der Waals surface area contributed by atoms with Crippen molar-refractivity contribution in [3.05, 3.63) is 54.1 Å². The van der Waals surface area contributed by atoms with Crippen LogP contribution in [-0.2, 0) is 4.79 Å². The topological polar surface area (TPSA) is 53.8 Å². The van der Waals surface area contributed by atoms with E-state index in [4.69, 9.17) is 0 Å². The van der Waals surface area contributed by atoms with E-state index in [0.717, 1.165) is 41.2 Å². The normalized spacial score (nSPS) is 11.7. The molecule has 2 aromatic carbocycles. The van der Waals surface area contributed by atoms with Crippen molar-refractivity contribution in [3.63, 3.8) is 0 Å². The summed E-state index contributed by atoms with van der Waals surface area (Å²) < 4.78 is 0.800. The number of anilines is 1. The van der Waals surface area contributed by atoms with Crippen LogP contribution in [-0.4, -0.2) is 36.6 Å². The van der Waals surface area contributed by atoms with Crippen LogP contribution in [0, 0.1) is 6.92 Å². The van der Waals surface area contributed by atoms with Crippen molar-refractivity contribution in [3.8, 4) is 0 Å². The van der Waals surface area contributed by atoms with E-state index in [9.17, 15) is 4.79 Å². The average Bonchev–Trinajstić information content (AvgIpc) is 2.67. The molecule has 1 amide bonds.